The number of hydrogen-bond donors (Lipinski definition) is 2. The zero-order chi connectivity index (χ0) is 17.6. The first-order chi connectivity index (χ1) is 11.5. The fourth-order valence-electron chi connectivity index (χ4n) is 2.79. The van der Waals surface area contributed by atoms with Gasteiger partial charge in [0.05, 0.1) is 0 Å². The van der Waals surface area contributed by atoms with E-state index in [0.29, 0.717) is 12.1 Å². The average Bonchev–Trinajstić information content (AvgIpc) is 2.80. The predicted octanol–water partition coefficient (Wildman–Crippen LogP) is 2.15. The second-order valence-electron chi connectivity index (χ2n) is 6.22. The number of nitrogens with one attached hydrogen (secondary N) is 2. The van der Waals surface area contributed by atoms with Gasteiger partial charge >= 0.3 is 6.03 Å². The van der Waals surface area contributed by atoms with Crippen molar-refractivity contribution in [1.82, 2.24) is 15.5 Å². The molecule has 1 fully saturated rings. The molecule has 4 amide bonds. The number of carbonyl (C=O) groups is 3. The molecule has 0 aromatic heterocycles. The SMILES string of the molecule is CCCCCCNC(=O)CN1C(=O)NC(C)(c2ccccc2)C1=O. The second-order valence-corrected chi connectivity index (χ2v) is 6.22. The van der Waals surface area contributed by atoms with Crippen molar-refractivity contribution >= 4 is 17.8 Å². The van der Waals surface area contributed by atoms with E-state index in [2.05, 4.69) is 17.6 Å². The molecule has 1 heterocycles. The third-order valence-electron chi connectivity index (χ3n) is 4.28. The summed E-state index contributed by atoms with van der Waals surface area (Å²) < 4.78 is 0. The Labute approximate surface area is 142 Å². The molecule has 6 nitrogen and oxygen atoms in total. The van der Waals surface area contributed by atoms with E-state index in [9.17, 15) is 14.4 Å². The normalized spacial score (nSPS) is 20.2. The summed E-state index contributed by atoms with van der Waals surface area (Å²) in [5.74, 6) is -0.716. The predicted molar refractivity (Wildman–Crippen MR) is 91.2 cm³/mol. The van der Waals surface area contributed by atoms with Gasteiger partial charge in [0.15, 0.2) is 0 Å². The molecular formula is C18H25N3O3. The van der Waals surface area contributed by atoms with E-state index >= 15 is 0 Å². The highest BCUT2D eigenvalue weighted by atomic mass is 16.2. The number of benzene rings is 1. The van der Waals surface area contributed by atoms with Crippen LogP contribution in [0.25, 0.3) is 0 Å². The lowest BCUT2D eigenvalue weighted by molar-refractivity contribution is -0.134. The minimum Gasteiger partial charge on any atom is -0.355 e. The van der Waals surface area contributed by atoms with Crippen molar-refractivity contribution in [3.05, 3.63) is 35.9 Å². The number of urea groups is 1. The van der Waals surface area contributed by atoms with E-state index in [0.717, 1.165) is 30.6 Å². The summed E-state index contributed by atoms with van der Waals surface area (Å²) in [6.07, 6.45) is 4.24. The summed E-state index contributed by atoms with van der Waals surface area (Å²) >= 11 is 0. The van der Waals surface area contributed by atoms with Crippen molar-refractivity contribution in [2.45, 2.75) is 45.1 Å². The van der Waals surface area contributed by atoms with Gasteiger partial charge in [-0.1, -0.05) is 56.5 Å². The fraction of sp³-hybridized carbons (Fsp3) is 0.500. The van der Waals surface area contributed by atoms with Crippen LogP contribution in [0.15, 0.2) is 30.3 Å². The van der Waals surface area contributed by atoms with Crippen LogP contribution >= 0.6 is 0 Å². The van der Waals surface area contributed by atoms with Crippen molar-refractivity contribution < 1.29 is 14.4 Å². The maximum absolute atomic E-state index is 12.7. The molecular weight excluding hydrogens is 306 g/mol. The van der Waals surface area contributed by atoms with Crippen molar-refractivity contribution in [3.8, 4) is 0 Å². The largest absolute Gasteiger partial charge is 0.355 e. The molecule has 1 aromatic rings. The van der Waals surface area contributed by atoms with E-state index in [4.69, 9.17) is 0 Å². The Bertz CT molecular complexity index is 603. The minimum atomic E-state index is -1.13. The number of rotatable bonds is 8. The maximum Gasteiger partial charge on any atom is 0.325 e. The molecule has 0 radical (unpaired) electrons. The van der Waals surface area contributed by atoms with E-state index < -0.39 is 17.5 Å². The van der Waals surface area contributed by atoms with Gasteiger partial charge in [-0.3, -0.25) is 14.5 Å². The van der Waals surface area contributed by atoms with Gasteiger partial charge in [-0.25, -0.2) is 4.79 Å². The first-order valence-corrected chi connectivity index (χ1v) is 8.45. The summed E-state index contributed by atoms with van der Waals surface area (Å²) in [6.45, 7) is 4.10. The number of amides is 4. The number of imide groups is 1. The molecule has 6 heteroatoms. The first kappa shape index (κ1) is 18.0. The summed E-state index contributed by atoms with van der Waals surface area (Å²) in [4.78, 5) is 37.8. The number of carbonyl (C=O) groups excluding carboxylic acids is 3. The van der Waals surface area contributed by atoms with Crippen LogP contribution in [0.4, 0.5) is 4.79 Å². The van der Waals surface area contributed by atoms with Crippen LogP contribution in [-0.4, -0.2) is 35.8 Å². The Morgan fingerprint density at radius 1 is 1.17 bits per heavy atom. The van der Waals surface area contributed by atoms with Crippen molar-refractivity contribution in [2.24, 2.45) is 0 Å². The number of unbranched alkanes of at least 4 members (excludes halogenated alkanes) is 3. The van der Waals surface area contributed by atoms with Gasteiger partial charge in [0.1, 0.15) is 12.1 Å². The summed E-state index contributed by atoms with van der Waals surface area (Å²) in [6, 6.07) is 8.51. The average molecular weight is 331 g/mol. The van der Waals surface area contributed by atoms with Crippen LogP contribution in [0.3, 0.4) is 0 Å². The molecule has 1 saturated heterocycles. The smallest absolute Gasteiger partial charge is 0.325 e. The maximum atomic E-state index is 12.7. The van der Waals surface area contributed by atoms with Crippen LogP contribution < -0.4 is 10.6 Å². The number of nitrogens with zero attached hydrogens (tertiary/aromatic N) is 1. The number of hydrogen-bond acceptors (Lipinski definition) is 3. The molecule has 24 heavy (non-hydrogen) atoms. The summed E-state index contributed by atoms with van der Waals surface area (Å²) in [5, 5.41) is 5.46. The van der Waals surface area contributed by atoms with Crippen LogP contribution in [0.2, 0.25) is 0 Å². The molecule has 0 aliphatic carbocycles. The summed E-state index contributed by atoms with van der Waals surface area (Å²) in [7, 11) is 0. The molecule has 1 aromatic carbocycles. The Morgan fingerprint density at radius 3 is 2.54 bits per heavy atom. The highest BCUT2D eigenvalue weighted by Crippen LogP contribution is 2.28. The molecule has 1 unspecified atom stereocenters. The first-order valence-electron chi connectivity index (χ1n) is 8.45. The van der Waals surface area contributed by atoms with E-state index in [1.807, 2.05) is 18.2 Å². The highest BCUT2D eigenvalue weighted by Gasteiger charge is 2.49. The second kappa shape index (κ2) is 7.95. The topological polar surface area (TPSA) is 78.5 Å². The molecule has 2 rings (SSSR count). The van der Waals surface area contributed by atoms with Gasteiger partial charge in [0.2, 0.25) is 5.91 Å². The van der Waals surface area contributed by atoms with Crippen LogP contribution in [0, 0.1) is 0 Å². The Hall–Kier alpha value is -2.37. The Kier molecular flexibility index (Phi) is 5.95. The highest BCUT2D eigenvalue weighted by molar-refractivity contribution is 6.09. The van der Waals surface area contributed by atoms with E-state index in [1.54, 1.807) is 19.1 Å². The van der Waals surface area contributed by atoms with E-state index in [1.165, 1.54) is 0 Å². The molecule has 130 valence electrons. The lowest BCUT2D eigenvalue weighted by Gasteiger charge is -2.22. The summed E-state index contributed by atoms with van der Waals surface area (Å²) in [5.41, 5.74) is -0.425. The third kappa shape index (κ3) is 3.93. The molecule has 1 atom stereocenters. The zero-order valence-corrected chi connectivity index (χ0v) is 14.3. The Balaban J connectivity index is 1.93. The lowest BCUT2D eigenvalue weighted by atomic mass is 9.92. The van der Waals surface area contributed by atoms with Crippen LogP contribution in [0.1, 0.15) is 45.1 Å². The molecule has 2 N–H and O–H groups in total. The Morgan fingerprint density at radius 2 is 1.88 bits per heavy atom. The molecule has 1 aliphatic rings. The molecule has 1 aliphatic heterocycles. The zero-order valence-electron chi connectivity index (χ0n) is 14.3. The van der Waals surface area contributed by atoms with Gasteiger partial charge in [-0.2, -0.15) is 0 Å². The standard InChI is InChI=1S/C18H25N3O3/c1-3-4-5-9-12-19-15(22)13-21-16(23)18(2,20-17(21)24)14-10-7-6-8-11-14/h6-8,10-11H,3-5,9,12-13H2,1-2H3,(H,19,22)(H,20,24). The van der Waals surface area contributed by atoms with Crippen LogP contribution in [-0.2, 0) is 15.1 Å². The molecule has 0 bridgehead atoms. The van der Waals surface area contributed by atoms with Crippen LogP contribution in [0.5, 0.6) is 0 Å². The van der Waals surface area contributed by atoms with Gasteiger partial charge < -0.3 is 10.6 Å². The van der Waals surface area contributed by atoms with Crippen molar-refractivity contribution in [1.29, 1.82) is 0 Å². The minimum absolute atomic E-state index is 0.249. The third-order valence-corrected chi connectivity index (χ3v) is 4.28. The van der Waals surface area contributed by atoms with Gasteiger partial charge in [0, 0.05) is 6.54 Å². The quantitative estimate of drug-likeness (QED) is 0.566. The van der Waals surface area contributed by atoms with Gasteiger partial charge in [0.25, 0.3) is 5.91 Å². The van der Waals surface area contributed by atoms with Gasteiger partial charge in [-0.15, -0.1) is 0 Å². The van der Waals surface area contributed by atoms with E-state index in [-0.39, 0.29) is 12.5 Å². The fourth-order valence-corrected chi connectivity index (χ4v) is 2.79. The van der Waals surface area contributed by atoms with Crippen molar-refractivity contribution in [3.63, 3.8) is 0 Å². The molecule has 0 spiro atoms. The van der Waals surface area contributed by atoms with Gasteiger partial charge in [-0.05, 0) is 18.9 Å². The van der Waals surface area contributed by atoms with Crippen molar-refractivity contribution in [2.75, 3.05) is 13.1 Å². The monoisotopic (exact) mass is 331 g/mol. The molecule has 0 saturated carbocycles. The lowest BCUT2D eigenvalue weighted by Crippen LogP contribution is -2.43.